The van der Waals surface area contributed by atoms with Crippen molar-refractivity contribution in [3.63, 3.8) is 0 Å². The van der Waals surface area contributed by atoms with Gasteiger partial charge in [0.15, 0.2) is 0 Å². The van der Waals surface area contributed by atoms with Crippen LogP contribution in [-0.4, -0.2) is 4.98 Å². The van der Waals surface area contributed by atoms with Crippen molar-refractivity contribution in [3.8, 4) is 0 Å². The lowest BCUT2D eigenvalue weighted by Gasteiger charge is -2.07. The lowest BCUT2D eigenvalue weighted by Crippen LogP contribution is -1.96. The van der Waals surface area contributed by atoms with E-state index in [1.807, 2.05) is 11.3 Å². The molecule has 0 aliphatic rings. The number of hydrogen-bond acceptors (Lipinski definition) is 2. The number of hydrogen-bond donors (Lipinski definition) is 0. The molecule has 2 rings (SSSR count). The second-order valence-electron chi connectivity index (χ2n) is 4.51. The fraction of sp³-hybridized carbons (Fsp3) is 0.500. The van der Waals surface area contributed by atoms with Crippen molar-refractivity contribution in [3.05, 3.63) is 29.3 Å². The minimum atomic E-state index is 0.831. The highest BCUT2D eigenvalue weighted by Gasteiger charge is 2.05. The Morgan fingerprint density at radius 1 is 1.25 bits per heavy atom. The minimum Gasteiger partial charge on any atom is -0.241 e. The fourth-order valence-corrected chi connectivity index (χ4v) is 3.02. The second-order valence-corrected chi connectivity index (χ2v) is 5.62. The molecule has 1 aromatic carbocycles. The quantitative estimate of drug-likeness (QED) is 0.731. The average Bonchev–Trinajstić information content (AvgIpc) is 2.69. The van der Waals surface area contributed by atoms with Crippen molar-refractivity contribution in [1.82, 2.24) is 4.98 Å². The third-order valence-electron chi connectivity index (χ3n) is 2.97. The molecule has 0 aliphatic heterocycles. The van der Waals surface area contributed by atoms with E-state index in [4.69, 9.17) is 0 Å². The fourth-order valence-electron chi connectivity index (χ4n) is 2.03. The molecular weight excluding hydrogens is 214 g/mol. The molecule has 0 amide bonds. The first-order valence-electron chi connectivity index (χ1n) is 6.14. The molecule has 0 fully saturated rings. The number of fused-ring (bicyclic) bond motifs is 1. The summed E-state index contributed by atoms with van der Waals surface area (Å²) in [4.78, 5) is 4.66. The van der Waals surface area contributed by atoms with Gasteiger partial charge in [0, 0.05) is 0 Å². The van der Waals surface area contributed by atoms with Gasteiger partial charge in [-0.2, -0.15) is 0 Å². The first-order valence-corrected chi connectivity index (χ1v) is 6.95. The lowest BCUT2D eigenvalue weighted by molar-refractivity contribution is 0.486. The highest BCUT2D eigenvalue weighted by Crippen LogP contribution is 2.24. The third kappa shape index (κ3) is 2.82. The Morgan fingerprint density at radius 2 is 2.06 bits per heavy atom. The summed E-state index contributed by atoms with van der Waals surface area (Å²) >= 11 is 1.85. The molecule has 1 heterocycles. The van der Waals surface area contributed by atoms with Crippen LogP contribution >= 0.6 is 11.3 Å². The van der Waals surface area contributed by atoms with Crippen molar-refractivity contribution in [2.75, 3.05) is 0 Å². The van der Waals surface area contributed by atoms with Gasteiger partial charge in [-0.05, 0) is 30.9 Å². The van der Waals surface area contributed by atoms with Gasteiger partial charge < -0.3 is 0 Å². The van der Waals surface area contributed by atoms with Gasteiger partial charge in [-0.3, -0.25) is 0 Å². The van der Waals surface area contributed by atoms with Gasteiger partial charge >= 0.3 is 0 Å². The van der Waals surface area contributed by atoms with Gasteiger partial charge in [0.1, 0.15) is 0 Å². The topological polar surface area (TPSA) is 12.9 Å². The molecule has 86 valence electrons. The number of benzene rings is 1. The molecule has 1 nitrogen and oxygen atoms in total. The Bertz CT molecular complexity index is 414. The monoisotopic (exact) mass is 233 g/mol. The predicted octanol–water partition coefficient (Wildman–Crippen LogP) is 4.67. The van der Waals surface area contributed by atoms with Gasteiger partial charge in [-0.25, -0.2) is 4.98 Å². The highest BCUT2D eigenvalue weighted by atomic mass is 32.1. The number of aromatic nitrogens is 1. The molecule has 0 spiro atoms. The number of nitrogens with zero attached hydrogens (tertiary/aromatic N) is 1. The molecule has 1 atom stereocenters. The summed E-state index contributed by atoms with van der Waals surface area (Å²) in [6.45, 7) is 4.60. The molecule has 2 aromatic rings. The molecule has 2 heteroatoms. The Labute approximate surface area is 102 Å². The maximum Gasteiger partial charge on any atom is 0.0938 e. The summed E-state index contributed by atoms with van der Waals surface area (Å²) in [5.74, 6) is 0.831. The zero-order chi connectivity index (χ0) is 11.4. The van der Waals surface area contributed by atoms with Gasteiger partial charge in [-0.15, -0.1) is 11.3 Å². The van der Waals surface area contributed by atoms with E-state index in [-0.39, 0.29) is 0 Å². The van der Waals surface area contributed by atoms with Crippen LogP contribution in [0.15, 0.2) is 24.3 Å². The predicted molar refractivity (Wildman–Crippen MR) is 72.0 cm³/mol. The van der Waals surface area contributed by atoms with Crippen molar-refractivity contribution in [2.24, 2.45) is 5.92 Å². The largest absolute Gasteiger partial charge is 0.241 e. The normalized spacial score (nSPS) is 13.1. The number of para-hydroxylation sites is 1. The second kappa shape index (κ2) is 5.44. The SMILES string of the molecule is CCCC(C)CCc1nc2ccccc2s1. The first kappa shape index (κ1) is 11.6. The van der Waals surface area contributed by atoms with Crippen LogP contribution in [0, 0.1) is 5.92 Å². The Morgan fingerprint density at radius 3 is 2.81 bits per heavy atom. The molecule has 0 aliphatic carbocycles. The third-order valence-corrected chi connectivity index (χ3v) is 4.07. The van der Waals surface area contributed by atoms with Crippen LogP contribution in [0.5, 0.6) is 0 Å². The first-order chi connectivity index (χ1) is 7.79. The van der Waals surface area contributed by atoms with E-state index in [1.165, 1.54) is 29.0 Å². The number of aryl methyl sites for hydroxylation is 1. The maximum absolute atomic E-state index is 4.66. The lowest BCUT2D eigenvalue weighted by atomic mass is 10.0. The minimum absolute atomic E-state index is 0.831. The maximum atomic E-state index is 4.66. The standard InChI is InChI=1S/C14H19NS/c1-3-6-11(2)9-10-14-15-12-7-4-5-8-13(12)16-14/h4-5,7-8,11H,3,6,9-10H2,1-2H3. The average molecular weight is 233 g/mol. The molecule has 0 bridgehead atoms. The number of rotatable bonds is 5. The Hall–Kier alpha value is -0.890. The van der Waals surface area contributed by atoms with Gasteiger partial charge in [0.05, 0.1) is 15.2 Å². The van der Waals surface area contributed by atoms with Crippen LogP contribution < -0.4 is 0 Å². The Kier molecular flexibility index (Phi) is 3.94. The van der Waals surface area contributed by atoms with Crippen molar-refractivity contribution >= 4 is 21.6 Å². The van der Waals surface area contributed by atoms with E-state index >= 15 is 0 Å². The zero-order valence-electron chi connectivity index (χ0n) is 10.1. The van der Waals surface area contributed by atoms with E-state index in [2.05, 4.69) is 43.1 Å². The molecule has 1 unspecified atom stereocenters. The molecule has 0 saturated heterocycles. The summed E-state index contributed by atoms with van der Waals surface area (Å²) in [7, 11) is 0. The van der Waals surface area contributed by atoms with Gasteiger partial charge in [-0.1, -0.05) is 38.8 Å². The molecule has 0 N–H and O–H groups in total. The van der Waals surface area contributed by atoms with E-state index < -0.39 is 0 Å². The van der Waals surface area contributed by atoms with E-state index in [1.54, 1.807) is 0 Å². The van der Waals surface area contributed by atoms with Crippen LogP contribution in [0.25, 0.3) is 10.2 Å². The summed E-state index contributed by atoms with van der Waals surface area (Å²) in [6.07, 6.45) is 5.04. The summed E-state index contributed by atoms with van der Waals surface area (Å²) < 4.78 is 1.32. The van der Waals surface area contributed by atoms with Gasteiger partial charge in [0.2, 0.25) is 0 Å². The molecule has 0 saturated carbocycles. The van der Waals surface area contributed by atoms with Crippen LogP contribution in [-0.2, 0) is 6.42 Å². The van der Waals surface area contributed by atoms with E-state index in [9.17, 15) is 0 Å². The van der Waals surface area contributed by atoms with Crippen molar-refractivity contribution < 1.29 is 0 Å². The Balaban J connectivity index is 1.99. The summed E-state index contributed by atoms with van der Waals surface area (Å²) in [5, 5.41) is 1.30. The van der Waals surface area contributed by atoms with Crippen LogP contribution in [0.1, 0.15) is 38.1 Å². The molecule has 0 radical (unpaired) electrons. The van der Waals surface area contributed by atoms with E-state index in [0.29, 0.717) is 0 Å². The van der Waals surface area contributed by atoms with Crippen molar-refractivity contribution in [2.45, 2.75) is 39.5 Å². The summed E-state index contributed by atoms with van der Waals surface area (Å²) in [5.41, 5.74) is 1.16. The smallest absolute Gasteiger partial charge is 0.0938 e. The van der Waals surface area contributed by atoms with Gasteiger partial charge in [0.25, 0.3) is 0 Å². The molecule has 16 heavy (non-hydrogen) atoms. The van der Waals surface area contributed by atoms with Crippen LogP contribution in [0.3, 0.4) is 0 Å². The van der Waals surface area contributed by atoms with Crippen LogP contribution in [0.2, 0.25) is 0 Å². The number of thiazole rings is 1. The summed E-state index contributed by atoms with van der Waals surface area (Å²) in [6, 6.07) is 8.41. The zero-order valence-corrected chi connectivity index (χ0v) is 10.9. The van der Waals surface area contributed by atoms with E-state index in [0.717, 1.165) is 17.9 Å². The highest BCUT2D eigenvalue weighted by molar-refractivity contribution is 7.18. The molecular formula is C14H19NS. The van der Waals surface area contributed by atoms with Crippen LogP contribution in [0.4, 0.5) is 0 Å². The molecule has 1 aromatic heterocycles. The van der Waals surface area contributed by atoms with Crippen molar-refractivity contribution in [1.29, 1.82) is 0 Å².